The predicted octanol–water partition coefficient (Wildman–Crippen LogP) is 1.50. The molecule has 0 spiro atoms. The number of nitrogens with zero attached hydrogens (tertiary/aromatic N) is 1. The zero-order valence-electron chi connectivity index (χ0n) is 8.40. The van der Waals surface area contributed by atoms with Crippen molar-refractivity contribution >= 4 is 6.29 Å². The second-order valence-electron chi connectivity index (χ2n) is 3.50. The van der Waals surface area contributed by atoms with Crippen molar-refractivity contribution in [1.82, 2.24) is 4.90 Å². The molecule has 1 atom stereocenters. The molecule has 0 bridgehead atoms. The van der Waals surface area contributed by atoms with Crippen LogP contribution in [0.1, 0.15) is 5.56 Å². The standard InChI is InChI=1S/C11H14FNO/c1-13(2)11(8-14)7-9-4-3-5-10(12)6-9/h3-6,8,11H,7H2,1-2H3. The van der Waals surface area contributed by atoms with Crippen LogP contribution in [0.5, 0.6) is 0 Å². The van der Waals surface area contributed by atoms with Gasteiger partial charge in [0.1, 0.15) is 12.1 Å². The molecule has 14 heavy (non-hydrogen) atoms. The summed E-state index contributed by atoms with van der Waals surface area (Å²) in [6, 6.07) is 6.15. The minimum Gasteiger partial charge on any atom is -0.302 e. The van der Waals surface area contributed by atoms with E-state index >= 15 is 0 Å². The molecule has 0 fully saturated rings. The molecule has 1 unspecified atom stereocenters. The molecule has 0 aromatic heterocycles. The number of hydrogen-bond donors (Lipinski definition) is 0. The van der Waals surface area contributed by atoms with Crippen LogP contribution in [0.25, 0.3) is 0 Å². The predicted molar refractivity (Wildman–Crippen MR) is 53.6 cm³/mol. The van der Waals surface area contributed by atoms with Gasteiger partial charge in [0.2, 0.25) is 0 Å². The fourth-order valence-electron chi connectivity index (χ4n) is 1.26. The van der Waals surface area contributed by atoms with Gasteiger partial charge in [-0.1, -0.05) is 12.1 Å². The van der Waals surface area contributed by atoms with E-state index in [4.69, 9.17) is 0 Å². The van der Waals surface area contributed by atoms with Gasteiger partial charge < -0.3 is 4.79 Å². The third-order valence-electron chi connectivity index (χ3n) is 2.15. The Morgan fingerprint density at radius 1 is 1.50 bits per heavy atom. The molecule has 0 aliphatic rings. The molecule has 2 nitrogen and oxygen atoms in total. The lowest BCUT2D eigenvalue weighted by Gasteiger charge is -2.18. The Hall–Kier alpha value is -1.22. The molecule has 3 heteroatoms. The molecule has 1 aromatic carbocycles. The van der Waals surface area contributed by atoms with Crippen molar-refractivity contribution in [3.63, 3.8) is 0 Å². The summed E-state index contributed by atoms with van der Waals surface area (Å²) in [5.41, 5.74) is 0.843. The molecule has 0 aliphatic carbocycles. The zero-order valence-corrected chi connectivity index (χ0v) is 8.40. The van der Waals surface area contributed by atoms with Crippen molar-refractivity contribution in [3.8, 4) is 0 Å². The van der Waals surface area contributed by atoms with E-state index in [9.17, 15) is 9.18 Å². The maximum absolute atomic E-state index is 12.8. The van der Waals surface area contributed by atoms with Crippen LogP contribution in [0.4, 0.5) is 4.39 Å². The molecular weight excluding hydrogens is 181 g/mol. The minimum atomic E-state index is -0.258. The van der Waals surface area contributed by atoms with Crippen molar-refractivity contribution < 1.29 is 9.18 Å². The third-order valence-corrected chi connectivity index (χ3v) is 2.15. The molecule has 0 radical (unpaired) electrons. The van der Waals surface area contributed by atoms with Crippen LogP contribution in [-0.4, -0.2) is 31.3 Å². The van der Waals surface area contributed by atoms with Crippen LogP contribution in [0.2, 0.25) is 0 Å². The van der Waals surface area contributed by atoms with Crippen LogP contribution >= 0.6 is 0 Å². The SMILES string of the molecule is CN(C)C(C=O)Cc1cccc(F)c1. The second-order valence-corrected chi connectivity index (χ2v) is 3.50. The fraction of sp³-hybridized carbons (Fsp3) is 0.364. The van der Waals surface area contributed by atoms with Crippen LogP contribution in [0.3, 0.4) is 0 Å². The second kappa shape index (κ2) is 4.86. The highest BCUT2D eigenvalue weighted by atomic mass is 19.1. The zero-order chi connectivity index (χ0) is 10.6. The van der Waals surface area contributed by atoms with Gasteiger partial charge in [0, 0.05) is 0 Å². The van der Waals surface area contributed by atoms with Crippen molar-refractivity contribution in [2.75, 3.05) is 14.1 Å². The number of rotatable bonds is 4. The fourth-order valence-corrected chi connectivity index (χ4v) is 1.26. The number of likely N-dealkylation sites (N-methyl/N-ethyl adjacent to an activating group) is 1. The topological polar surface area (TPSA) is 20.3 Å². The van der Waals surface area contributed by atoms with Crippen molar-refractivity contribution in [1.29, 1.82) is 0 Å². The maximum Gasteiger partial charge on any atom is 0.137 e. The number of aldehydes is 1. The summed E-state index contributed by atoms with van der Waals surface area (Å²) in [4.78, 5) is 12.5. The van der Waals surface area contributed by atoms with E-state index in [2.05, 4.69) is 0 Å². The normalized spacial score (nSPS) is 12.9. The molecule has 1 aromatic rings. The molecule has 0 amide bonds. The summed E-state index contributed by atoms with van der Waals surface area (Å²) in [6.07, 6.45) is 1.43. The van der Waals surface area contributed by atoms with E-state index < -0.39 is 0 Å². The van der Waals surface area contributed by atoms with E-state index in [1.54, 1.807) is 6.07 Å². The number of benzene rings is 1. The first kappa shape index (κ1) is 10.9. The smallest absolute Gasteiger partial charge is 0.137 e. The summed E-state index contributed by atoms with van der Waals surface area (Å²) in [6.45, 7) is 0. The lowest BCUT2D eigenvalue weighted by molar-refractivity contribution is -0.111. The highest BCUT2D eigenvalue weighted by Crippen LogP contribution is 2.07. The summed E-state index contributed by atoms with van der Waals surface area (Å²) < 4.78 is 12.8. The Balaban J connectivity index is 2.72. The monoisotopic (exact) mass is 195 g/mol. The molecule has 1 rings (SSSR count). The molecule has 0 saturated carbocycles. The van der Waals surface area contributed by atoms with E-state index in [0.29, 0.717) is 6.42 Å². The van der Waals surface area contributed by atoms with Crippen LogP contribution in [0.15, 0.2) is 24.3 Å². The Morgan fingerprint density at radius 2 is 2.21 bits per heavy atom. The number of hydrogen-bond acceptors (Lipinski definition) is 2. The van der Waals surface area contributed by atoms with Crippen molar-refractivity contribution in [2.24, 2.45) is 0 Å². The van der Waals surface area contributed by atoms with Gasteiger partial charge in [-0.2, -0.15) is 0 Å². The Labute approximate surface area is 83.3 Å². The van der Waals surface area contributed by atoms with Gasteiger partial charge in [0.25, 0.3) is 0 Å². The lowest BCUT2D eigenvalue weighted by atomic mass is 10.1. The maximum atomic E-state index is 12.8. The van der Waals surface area contributed by atoms with E-state index in [0.717, 1.165) is 11.8 Å². The van der Waals surface area contributed by atoms with Gasteiger partial charge >= 0.3 is 0 Å². The summed E-state index contributed by atoms with van der Waals surface area (Å²) in [5.74, 6) is -0.258. The molecule has 76 valence electrons. The van der Waals surface area contributed by atoms with E-state index in [1.807, 2.05) is 25.1 Å². The van der Waals surface area contributed by atoms with Gasteiger partial charge in [-0.25, -0.2) is 4.39 Å². The summed E-state index contributed by atoms with van der Waals surface area (Å²) in [7, 11) is 3.66. The Bertz CT molecular complexity index is 312. The van der Waals surface area contributed by atoms with Crippen molar-refractivity contribution in [3.05, 3.63) is 35.6 Å². The molecule has 0 saturated heterocycles. The van der Waals surface area contributed by atoms with Gasteiger partial charge in [0.05, 0.1) is 6.04 Å². The first-order chi connectivity index (χ1) is 6.63. The van der Waals surface area contributed by atoms with Gasteiger partial charge in [0.15, 0.2) is 0 Å². The molecule has 0 N–H and O–H groups in total. The highest BCUT2D eigenvalue weighted by molar-refractivity contribution is 5.58. The molecular formula is C11H14FNO. The quantitative estimate of drug-likeness (QED) is 0.678. The lowest BCUT2D eigenvalue weighted by Crippen LogP contribution is -2.31. The molecule has 0 heterocycles. The van der Waals surface area contributed by atoms with E-state index in [-0.39, 0.29) is 11.9 Å². The number of halogens is 1. The largest absolute Gasteiger partial charge is 0.302 e. The number of carbonyl (C=O) groups excluding carboxylic acids is 1. The average molecular weight is 195 g/mol. The van der Waals surface area contributed by atoms with Gasteiger partial charge in [-0.05, 0) is 38.2 Å². The molecule has 0 aliphatic heterocycles. The third kappa shape index (κ3) is 2.92. The highest BCUT2D eigenvalue weighted by Gasteiger charge is 2.10. The van der Waals surface area contributed by atoms with E-state index in [1.165, 1.54) is 12.1 Å². The van der Waals surface area contributed by atoms with Gasteiger partial charge in [-0.3, -0.25) is 4.90 Å². The Kier molecular flexibility index (Phi) is 3.77. The number of carbonyl (C=O) groups is 1. The van der Waals surface area contributed by atoms with Crippen LogP contribution < -0.4 is 0 Å². The Morgan fingerprint density at radius 3 is 2.71 bits per heavy atom. The van der Waals surface area contributed by atoms with Crippen molar-refractivity contribution in [2.45, 2.75) is 12.5 Å². The van der Waals surface area contributed by atoms with Gasteiger partial charge in [-0.15, -0.1) is 0 Å². The van der Waals surface area contributed by atoms with Crippen LogP contribution in [0, 0.1) is 5.82 Å². The summed E-state index contributed by atoms with van der Waals surface area (Å²) in [5, 5.41) is 0. The first-order valence-corrected chi connectivity index (χ1v) is 4.49. The first-order valence-electron chi connectivity index (χ1n) is 4.49. The minimum absolute atomic E-state index is 0.184. The average Bonchev–Trinajstić information content (AvgIpc) is 2.14. The van der Waals surface area contributed by atoms with Crippen LogP contribution in [-0.2, 0) is 11.2 Å². The summed E-state index contributed by atoms with van der Waals surface area (Å²) >= 11 is 0.